The standard InChI is InChI=1S/C14H19N3O/c1-11(2)15-7-13-9-17(10-16-13)8-12-3-5-14(18)6-4-12/h3-6,9-11,15,18H,7-8H2,1-2H3. The van der Waals surface area contributed by atoms with Crippen molar-refractivity contribution in [1.82, 2.24) is 14.9 Å². The molecule has 1 aromatic heterocycles. The lowest BCUT2D eigenvalue weighted by Crippen LogP contribution is -2.21. The topological polar surface area (TPSA) is 50.1 Å². The molecule has 0 aliphatic carbocycles. The van der Waals surface area contributed by atoms with Crippen LogP contribution in [0.5, 0.6) is 5.75 Å². The van der Waals surface area contributed by atoms with Gasteiger partial charge in [0.05, 0.1) is 12.0 Å². The predicted octanol–water partition coefficient (Wildman–Crippen LogP) is 2.13. The molecule has 18 heavy (non-hydrogen) atoms. The second-order valence-electron chi connectivity index (χ2n) is 4.74. The third-order valence-electron chi connectivity index (χ3n) is 2.68. The number of rotatable bonds is 5. The monoisotopic (exact) mass is 245 g/mol. The molecule has 0 radical (unpaired) electrons. The summed E-state index contributed by atoms with van der Waals surface area (Å²) in [6.07, 6.45) is 3.88. The van der Waals surface area contributed by atoms with Gasteiger partial charge in [0, 0.05) is 25.3 Å². The molecular formula is C14H19N3O. The molecule has 2 N–H and O–H groups in total. The van der Waals surface area contributed by atoms with Gasteiger partial charge < -0.3 is 15.0 Å². The van der Waals surface area contributed by atoms with Gasteiger partial charge in [-0.3, -0.25) is 0 Å². The number of nitrogens with one attached hydrogen (secondary N) is 1. The van der Waals surface area contributed by atoms with Crippen molar-refractivity contribution >= 4 is 0 Å². The van der Waals surface area contributed by atoms with Crippen molar-refractivity contribution in [3.63, 3.8) is 0 Å². The van der Waals surface area contributed by atoms with E-state index in [9.17, 15) is 5.11 Å². The first-order valence-electron chi connectivity index (χ1n) is 6.15. The van der Waals surface area contributed by atoms with Crippen LogP contribution >= 0.6 is 0 Å². The van der Waals surface area contributed by atoms with E-state index in [4.69, 9.17) is 0 Å². The van der Waals surface area contributed by atoms with Gasteiger partial charge in [-0.1, -0.05) is 26.0 Å². The molecule has 0 aliphatic heterocycles. The number of benzene rings is 1. The number of aromatic hydroxyl groups is 1. The Kier molecular flexibility index (Phi) is 3.99. The van der Waals surface area contributed by atoms with Crippen LogP contribution in [0.1, 0.15) is 25.1 Å². The first-order valence-corrected chi connectivity index (χ1v) is 6.15. The predicted molar refractivity (Wildman–Crippen MR) is 71.4 cm³/mol. The average Bonchev–Trinajstić information content (AvgIpc) is 2.77. The Morgan fingerprint density at radius 3 is 2.67 bits per heavy atom. The summed E-state index contributed by atoms with van der Waals surface area (Å²) < 4.78 is 2.05. The number of hydrogen-bond donors (Lipinski definition) is 2. The van der Waals surface area contributed by atoms with Crippen molar-refractivity contribution in [2.45, 2.75) is 33.0 Å². The SMILES string of the molecule is CC(C)NCc1cn(Cc2ccc(O)cc2)cn1. The third-order valence-corrected chi connectivity index (χ3v) is 2.68. The molecule has 0 unspecified atom stereocenters. The van der Waals surface area contributed by atoms with Gasteiger partial charge in [-0.2, -0.15) is 0 Å². The molecule has 1 heterocycles. The molecule has 0 saturated carbocycles. The van der Waals surface area contributed by atoms with E-state index in [0.29, 0.717) is 11.8 Å². The Balaban J connectivity index is 1.95. The van der Waals surface area contributed by atoms with E-state index < -0.39 is 0 Å². The maximum absolute atomic E-state index is 9.22. The summed E-state index contributed by atoms with van der Waals surface area (Å²) in [6, 6.07) is 7.70. The molecule has 0 fully saturated rings. The molecule has 0 bridgehead atoms. The molecule has 4 nitrogen and oxygen atoms in total. The van der Waals surface area contributed by atoms with Crippen LogP contribution in [0.3, 0.4) is 0 Å². The zero-order valence-electron chi connectivity index (χ0n) is 10.8. The fourth-order valence-electron chi connectivity index (χ4n) is 1.71. The smallest absolute Gasteiger partial charge is 0.115 e. The van der Waals surface area contributed by atoms with Crippen LogP contribution in [0.2, 0.25) is 0 Å². The molecule has 2 rings (SSSR count). The van der Waals surface area contributed by atoms with Crippen LogP contribution in [0.4, 0.5) is 0 Å². The van der Waals surface area contributed by atoms with Crippen LogP contribution in [-0.4, -0.2) is 20.7 Å². The highest BCUT2D eigenvalue weighted by Crippen LogP contribution is 2.11. The van der Waals surface area contributed by atoms with Gasteiger partial charge in [0.2, 0.25) is 0 Å². The summed E-state index contributed by atoms with van der Waals surface area (Å²) in [5.74, 6) is 0.297. The van der Waals surface area contributed by atoms with Crippen molar-refractivity contribution in [3.8, 4) is 5.75 Å². The number of nitrogens with zero attached hydrogens (tertiary/aromatic N) is 2. The van der Waals surface area contributed by atoms with E-state index in [-0.39, 0.29) is 0 Å². The Hall–Kier alpha value is -1.81. The lowest BCUT2D eigenvalue weighted by Gasteiger charge is -2.05. The normalized spacial score (nSPS) is 11.1. The lowest BCUT2D eigenvalue weighted by atomic mass is 10.2. The maximum atomic E-state index is 9.22. The van der Waals surface area contributed by atoms with E-state index >= 15 is 0 Å². The summed E-state index contributed by atoms with van der Waals surface area (Å²) in [5, 5.41) is 12.6. The number of hydrogen-bond acceptors (Lipinski definition) is 3. The molecule has 4 heteroatoms. The highest BCUT2D eigenvalue weighted by molar-refractivity contribution is 5.26. The first kappa shape index (κ1) is 12.6. The zero-order valence-corrected chi connectivity index (χ0v) is 10.8. The quantitative estimate of drug-likeness (QED) is 0.848. The molecular weight excluding hydrogens is 226 g/mol. The summed E-state index contributed by atoms with van der Waals surface area (Å²) >= 11 is 0. The molecule has 0 spiro atoms. The van der Waals surface area contributed by atoms with Crippen LogP contribution in [0.25, 0.3) is 0 Å². The highest BCUT2D eigenvalue weighted by atomic mass is 16.3. The van der Waals surface area contributed by atoms with Crippen molar-refractivity contribution in [3.05, 3.63) is 48.0 Å². The fraction of sp³-hybridized carbons (Fsp3) is 0.357. The molecule has 0 saturated heterocycles. The number of phenols is 1. The third kappa shape index (κ3) is 3.60. The minimum atomic E-state index is 0.297. The molecule has 2 aromatic rings. The number of imidazole rings is 1. The number of phenolic OH excluding ortho intramolecular Hbond substituents is 1. The maximum Gasteiger partial charge on any atom is 0.115 e. The zero-order chi connectivity index (χ0) is 13.0. The Morgan fingerprint density at radius 1 is 1.28 bits per heavy atom. The first-order chi connectivity index (χ1) is 8.63. The van der Waals surface area contributed by atoms with E-state index in [2.05, 4.69) is 24.1 Å². The van der Waals surface area contributed by atoms with Crippen molar-refractivity contribution in [1.29, 1.82) is 0 Å². The van der Waals surface area contributed by atoms with Crippen molar-refractivity contribution in [2.24, 2.45) is 0 Å². The van der Waals surface area contributed by atoms with Crippen LogP contribution in [0.15, 0.2) is 36.8 Å². The summed E-state index contributed by atoms with van der Waals surface area (Å²) in [6.45, 7) is 5.80. The van der Waals surface area contributed by atoms with Crippen molar-refractivity contribution in [2.75, 3.05) is 0 Å². The largest absolute Gasteiger partial charge is 0.508 e. The minimum Gasteiger partial charge on any atom is -0.508 e. The summed E-state index contributed by atoms with van der Waals surface area (Å²) in [4.78, 5) is 4.35. The van der Waals surface area contributed by atoms with Gasteiger partial charge in [-0.25, -0.2) is 4.98 Å². The average molecular weight is 245 g/mol. The molecule has 0 amide bonds. The van der Waals surface area contributed by atoms with Crippen molar-refractivity contribution < 1.29 is 5.11 Å². The Bertz CT molecular complexity index is 488. The molecule has 96 valence electrons. The van der Waals surface area contributed by atoms with Gasteiger partial charge in [0.15, 0.2) is 0 Å². The Labute approximate surface area is 107 Å². The Morgan fingerprint density at radius 2 is 2.00 bits per heavy atom. The van der Waals surface area contributed by atoms with Gasteiger partial charge in [0.25, 0.3) is 0 Å². The van der Waals surface area contributed by atoms with Gasteiger partial charge >= 0.3 is 0 Å². The molecule has 0 aliphatic rings. The van der Waals surface area contributed by atoms with E-state index in [1.165, 1.54) is 0 Å². The number of aromatic nitrogens is 2. The van der Waals surface area contributed by atoms with Gasteiger partial charge in [0.1, 0.15) is 5.75 Å². The van der Waals surface area contributed by atoms with Gasteiger partial charge in [-0.15, -0.1) is 0 Å². The van der Waals surface area contributed by atoms with E-state index in [1.54, 1.807) is 12.1 Å². The minimum absolute atomic E-state index is 0.297. The van der Waals surface area contributed by atoms with Crippen LogP contribution < -0.4 is 5.32 Å². The van der Waals surface area contributed by atoms with Gasteiger partial charge in [-0.05, 0) is 17.7 Å². The van der Waals surface area contributed by atoms with Crippen LogP contribution in [0, 0.1) is 0 Å². The summed E-state index contributed by atoms with van der Waals surface area (Å²) in [7, 11) is 0. The fourth-order valence-corrected chi connectivity index (χ4v) is 1.71. The van der Waals surface area contributed by atoms with E-state index in [0.717, 1.165) is 24.3 Å². The highest BCUT2D eigenvalue weighted by Gasteiger charge is 2.01. The van der Waals surface area contributed by atoms with E-state index in [1.807, 2.05) is 29.2 Å². The molecule has 0 atom stereocenters. The molecule has 1 aromatic carbocycles. The lowest BCUT2D eigenvalue weighted by molar-refractivity contribution is 0.475. The second kappa shape index (κ2) is 5.69. The summed E-state index contributed by atoms with van der Waals surface area (Å²) in [5.41, 5.74) is 2.19. The second-order valence-corrected chi connectivity index (χ2v) is 4.74. The van der Waals surface area contributed by atoms with Crippen LogP contribution in [-0.2, 0) is 13.1 Å².